The lowest BCUT2D eigenvalue weighted by molar-refractivity contribution is -0.108. The summed E-state index contributed by atoms with van der Waals surface area (Å²) in [5.74, 6) is 5.66. The normalized spacial score (nSPS) is 25.3. The molecule has 164 valence electrons. The number of fused-ring (bicyclic) bond motifs is 2. The van der Waals surface area contributed by atoms with Crippen LogP contribution in [-0.4, -0.2) is 59.1 Å². The quantitative estimate of drug-likeness (QED) is 0.401. The Bertz CT molecular complexity index is 896. The first kappa shape index (κ1) is 21.2. The Morgan fingerprint density at radius 3 is 3.20 bits per heavy atom. The van der Waals surface area contributed by atoms with Crippen molar-refractivity contribution in [3.8, 4) is 0 Å². The van der Waals surface area contributed by atoms with E-state index in [-0.39, 0.29) is 7.03 Å². The second-order valence-electron chi connectivity index (χ2n) is 8.25. The molecule has 7 nitrogen and oxygen atoms in total. The summed E-state index contributed by atoms with van der Waals surface area (Å²) in [5, 5.41) is 3.98. The van der Waals surface area contributed by atoms with Gasteiger partial charge in [-0.05, 0) is 37.8 Å². The fourth-order valence-corrected chi connectivity index (χ4v) is 5.79. The van der Waals surface area contributed by atoms with Gasteiger partial charge in [-0.1, -0.05) is 6.92 Å². The number of nitrogens with one attached hydrogen (secondary N) is 1. The van der Waals surface area contributed by atoms with Crippen LogP contribution in [0.1, 0.15) is 49.1 Å². The molecular weight excluding hydrogens is 396 g/mol. The Morgan fingerprint density at radius 2 is 2.47 bits per heavy atom. The lowest BCUT2D eigenvalue weighted by atomic mass is 9.79. The third kappa shape index (κ3) is 4.50. The van der Waals surface area contributed by atoms with E-state index in [0.29, 0.717) is 12.6 Å². The van der Waals surface area contributed by atoms with Crippen molar-refractivity contribution in [2.45, 2.75) is 57.6 Å². The first-order valence-corrected chi connectivity index (χ1v) is 11.7. The van der Waals surface area contributed by atoms with Crippen LogP contribution < -0.4 is 5.84 Å². The van der Waals surface area contributed by atoms with Gasteiger partial charge in [-0.25, -0.2) is 4.98 Å². The van der Waals surface area contributed by atoms with Crippen LogP contribution in [0.2, 0.25) is 0 Å². The molecule has 0 bridgehead atoms. The topological polar surface area (TPSA) is 91.9 Å². The van der Waals surface area contributed by atoms with E-state index in [0.717, 1.165) is 63.2 Å². The SMILES string of the molecule is CCc1cc2c(s1)CCO[C@@]21CCN(C/C(C=NCCc2cnc[nH]2)=N/N)[C@@H](C)C1.[HH]. The maximum Gasteiger partial charge on any atom is 0.0969 e. The lowest BCUT2D eigenvalue weighted by Gasteiger charge is -2.47. The lowest BCUT2D eigenvalue weighted by Crippen LogP contribution is -2.51. The smallest absolute Gasteiger partial charge is 0.0969 e. The number of thiophene rings is 1. The van der Waals surface area contributed by atoms with Gasteiger partial charge in [0.2, 0.25) is 0 Å². The van der Waals surface area contributed by atoms with Gasteiger partial charge in [0.05, 0.1) is 24.2 Å². The number of nitrogens with two attached hydrogens (primary N) is 1. The number of H-pyrrole nitrogens is 1. The molecule has 2 atom stereocenters. The number of hydrazone groups is 1. The molecule has 8 heteroatoms. The Balaban J connectivity index is 0.00000272. The monoisotopic (exact) mass is 430 g/mol. The van der Waals surface area contributed by atoms with Crippen molar-refractivity contribution in [1.82, 2.24) is 14.9 Å². The molecule has 2 aliphatic heterocycles. The van der Waals surface area contributed by atoms with Crippen LogP contribution in [0.4, 0.5) is 0 Å². The largest absolute Gasteiger partial charge is 0.370 e. The molecule has 2 aromatic rings. The van der Waals surface area contributed by atoms with Crippen LogP contribution in [0.15, 0.2) is 28.7 Å². The number of aryl methyl sites for hydroxylation is 1. The highest BCUT2D eigenvalue weighted by molar-refractivity contribution is 7.12. The highest BCUT2D eigenvalue weighted by atomic mass is 32.1. The molecule has 0 aromatic carbocycles. The third-order valence-electron chi connectivity index (χ3n) is 6.29. The van der Waals surface area contributed by atoms with Crippen LogP contribution in [0.25, 0.3) is 0 Å². The van der Waals surface area contributed by atoms with E-state index >= 15 is 0 Å². The number of aromatic nitrogens is 2. The number of likely N-dealkylation sites (tertiary alicyclic amines) is 1. The van der Waals surface area contributed by atoms with E-state index in [1.54, 1.807) is 6.33 Å². The van der Waals surface area contributed by atoms with Crippen molar-refractivity contribution in [2.75, 3.05) is 26.2 Å². The number of rotatable bonds is 7. The zero-order chi connectivity index (χ0) is 21.0. The van der Waals surface area contributed by atoms with Crippen LogP contribution in [0.3, 0.4) is 0 Å². The number of ether oxygens (including phenoxy) is 1. The first-order valence-electron chi connectivity index (χ1n) is 10.9. The number of aliphatic imine (C=N–C) groups is 1. The zero-order valence-electron chi connectivity index (χ0n) is 17.9. The van der Waals surface area contributed by atoms with Crippen molar-refractivity contribution in [3.63, 3.8) is 0 Å². The van der Waals surface area contributed by atoms with Gasteiger partial charge in [0.1, 0.15) is 0 Å². The van der Waals surface area contributed by atoms with Crippen LogP contribution in [0.5, 0.6) is 0 Å². The van der Waals surface area contributed by atoms with Crippen molar-refractivity contribution in [3.05, 3.63) is 39.6 Å². The van der Waals surface area contributed by atoms with Crippen LogP contribution in [-0.2, 0) is 29.6 Å². The molecule has 4 rings (SSSR count). The van der Waals surface area contributed by atoms with E-state index in [1.165, 1.54) is 15.3 Å². The van der Waals surface area contributed by atoms with Gasteiger partial charge >= 0.3 is 0 Å². The van der Waals surface area contributed by atoms with Crippen molar-refractivity contribution in [1.29, 1.82) is 0 Å². The number of hydrogen-bond donors (Lipinski definition) is 2. The van der Waals surface area contributed by atoms with Gasteiger partial charge in [0, 0.05) is 67.8 Å². The summed E-state index contributed by atoms with van der Waals surface area (Å²) < 4.78 is 6.45. The predicted molar refractivity (Wildman–Crippen MR) is 125 cm³/mol. The van der Waals surface area contributed by atoms with Gasteiger partial charge in [0.25, 0.3) is 0 Å². The predicted octanol–water partition coefficient (Wildman–Crippen LogP) is 3.16. The summed E-state index contributed by atoms with van der Waals surface area (Å²) in [6, 6.07) is 2.80. The summed E-state index contributed by atoms with van der Waals surface area (Å²) in [5.41, 5.74) is 3.23. The van der Waals surface area contributed by atoms with Crippen molar-refractivity contribution in [2.24, 2.45) is 15.9 Å². The fraction of sp³-hybridized carbons (Fsp3) is 0.591. The maximum atomic E-state index is 6.45. The Kier molecular flexibility index (Phi) is 6.65. The molecular formula is C22H34N6OS. The van der Waals surface area contributed by atoms with Gasteiger partial charge < -0.3 is 15.6 Å². The average molecular weight is 431 g/mol. The maximum absolute atomic E-state index is 6.45. The van der Waals surface area contributed by atoms with E-state index in [1.807, 2.05) is 23.7 Å². The molecule has 1 fully saturated rings. The molecule has 2 aliphatic rings. The van der Waals surface area contributed by atoms with Crippen LogP contribution in [0, 0.1) is 0 Å². The molecule has 0 aliphatic carbocycles. The number of hydrogen-bond acceptors (Lipinski definition) is 7. The summed E-state index contributed by atoms with van der Waals surface area (Å²) in [6.07, 6.45) is 10.3. The van der Waals surface area contributed by atoms with Gasteiger partial charge in [-0.15, -0.1) is 11.3 Å². The minimum Gasteiger partial charge on any atom is -0.370 e. The van der Waals surface area contributed by atoms with Gasteiger partial charge in [-0.2, -0.15) is 5.10 Å². The van der Waals surface area contributed by atoms with E-state index in [9.17, 15) is 0 Å². The van der Waals surface area contributed by atoms with Gasteiger partial charge in [-0.3, -0.25) is 9.89 Å². The number of aromatic amines is 1. The molecule has 1 saturated heterocycles. The van der Waals surface area contributed by atoms with Crippen molar-refractivity contribution >= 4 is 23.3 Å². The second kappa shape index (κ2) is 9.41. The highest BCUT2D eigenvalue weighted by Crippen LogP contribution is 2.46. The molecule has 0 saturated carbocycles. The van der Waals surface area contributed by atoms with Crippen LogP contribution >= 0.6 is 11.3 Å². The number of nitrogens with zero attached hydrogens (tertiary/aromatic N) is 4. The Morgan fingerprint density at radius 1 is 1.57 bits per heavy atom. The fourth-order valence-electron chi connectivity index (χ4n) is 4.61. The first-order chi connectivity index (χ1) is 14.6. The highest BCUT2D eigenvalue weighted by Gasteiger charge is 2.44. The Labute approximate surface area is 183 Å². The second-order valence-corrected chi connectivity index (χ2v) is 9.47. The Hall–Kier alpha value is -2.03. The molecule has 4 heterocycles. The van der Waals surface area contributed by atoms with Crippen molar-refractivity contribution < 1.29 is 6.16 Å². The minimum atomic E-state index is -0.119. The van der Waals surface area contributed by atoms with E-state index < -0.39 is 0 Å². The summed E-state index contributed by atoms with van der Waals surface area (Å²) in [7, 11) is 0. The molecule has 3 N–H and O–H groups in total. The summed E-state index contributed by atoms with van der Waals surface area (Å²) >= 11 is 1.98. The van der Waals surface area contributed by atoms with E-state index in [4.69, 9.17) is 10.6 Å². The average Bonchev–Trinajstić information content (AvgIpc) is 3.42. The standard InChI is InChI=1S/C22H32N6OS.H2/c1-3-19-10-20-21(30-19)5-9-29-22(20)6-8-28(16(2)11-22)14-18(27-23)13-24-7-4-17-12-25-15-26-17;/h10,12-13,15-16H,3-9,11,14,23H2,1-2H3,(H,25,26);1H/b24-13?,27-18+;/t16-,22+;/m0./s1. The summed E-state index contributed by atoms with van der Waals surface area (Å²) in [4.78, 5) is 17.1. The van der Waals surface area contributed by atoms with Gasteiger partial charge in [0.15, 0.2) is 0 Å². The number of imidazole rings is 1. The molecule has 0 radical (unpaired) electrons. The molecule has 30 heavy (non-hydrogen) atoms. The third-order valence-corrected chi connectivity index (χ3v) is 7.63. The molecule has 0 unspecified atom stereocenters. The van der Waals surface area contributed by atoms with E-state index in [2.05, 4.69) is 44.9 Å². The molecule has 2 aromatic heterocycles. The zero-order valence-corrected chi connectivity index (χ0v) is 18.7. The molecule has 0 amide bonds. The molecule has 1 spiro atoms. The number of piperidine rings is 1. The summed E-state index contributed by atoms with van der Waals surface area (Å²) in [6.45, 7) is 7.74. The minimum absolute atomic E-state index is 0.